The lowest BCUT2D eigenvalue weighted by Crippen LogP contribution is -2.27. The lowest BCUT2D eigenvalue weighted by Gasteiger charge is -2.19. The smallest absolute Gasteiger partial charge is 0.259 e. The summed E-state index contributed by atoms with van der Waals surface area (Å²) in [6.07, 6.45) is 3.57. The molecule has 2 aromatic heterocycles. The monoisotopic (exact) mass is 249 g/mol. The van der Waals surface area contributed by atoms with Gasteiger partial charge in [0.1, 0.15) is 0 Å². The summed E-state index contributed by atoms with van der Waals surface area (Å²) in [6, 6.07) is 0.264. The summed E-state index contributed by atoms with van der Waals surface area (Å²) in [5, 5.41) is 11.7. The molecule has 1 atom stereocenters. The van der Waals surface area contributed by atoms with Crippen LogP contribution in [0.1, 0.15) is 36.7 Å². The van der Waals surface area contributed by atoms with Gasteiger partial charge >= 0.3 is 0 Å². The molecule has 1 aliphatic heterocycles. The van der Waals surface area contributed by atoms with Gasteiger partial charge in [-0.2, -0.15) is 16.3 Å². The Labute approximate surface area is 104 Å². The van der Waals surface area contributed by atoms with Crippen LogP contribution in [0.3, 0.4) is 0 Å². The molecule has 17 heavy (non-hydrogen) atoms. The summed E-state index contributed by atoms with van der Waals surface area (Å²) in [7, 11) is 0. The molecule has 1 unspecified atom stereocenters. The van der Waals surface area contributed by atoms with Crippen LogP contribution in [0.25, 0.3) is 11.5 Å². The molecule has 0 saturated carbocycles. The Balaban J connectivity index is 1.85. The molecule has 5 heteroatoms. The molecule has 1 fully saturated rings. The van der Waals surface area contributed by atoms with Crippen molar-refractivity contribution in [2.45, 2.75) is 32.2 Å². The SMILES string of the molecule is Cc1cscc1-c1nc(C2CCCCN2)no1. The number of hydrogen-bond donors (Lipinski definition) is 1. The average molecular weight is 249 g/mol. The summed E-state index contributed by atoms with van der Waals surface area (Å²) in [5.74, 6) is 1.44. The molecule has 0 bridgehead atoms. The third kappa shape index (κ3) is 2.12. The summed E-state index contributed by atoms with van der Waals surface area (Å²) in [4.78, 5) is 4.50. The Morgan fingerprint density at radius 1 is 1.41 bits per heavy atom. The summed E-state index contributed by atoms with van der Waals surface area (Å²) < 4.78 is 5.35. The standard InChI is InChI=1S/C12H15N3OS/c1-8-6-17-7-9(8)12-14-11(15-16-12)10-4-2-3-5-13-10/h6-7,10,13H,2-5H2,1H3. The highest BCUT2D eigenvalue weighted by molar-refractivity contribution is 7.08. The first-order valence-corrected chi connectivity index (χ1v) is 6.89. The van der Waals surface area contributed by atoms with Gasteiger partial charge in [0, 0.05) is 5.38 Å². The lowest BCUT2D eigenvalue weighted by atomic mass is 10.0. The number of rotatable bonds is 2. The zero-order valence-electron chi connectivity index (χ0n) is 9.77. The Kier molecular flexibility index (Phi) is 2.94. The second kappa shape index (κ2) is 4.58. The van der Waals surface area contributed by atoms with E-state index in [0.717, 1.165) is 24.4 Å². The highest BCUT2D eigenvalue weighted by atomic mass is 32.1. The molecule has 3 heterocycles. The largest absolute Gasteiger partial charge is 0.334 e. The minimum absolute atomic E-state index is 0.264. The number of nitrogens with zero attached hydrogens (tertiary/aromatic N) is 2. The number of aromatic nitrogens is 2. The van der Waals surface area contributed by atoms with Crippen molar-refractivity contribution in [3.8, 4) is 11.5 Å². The third-order valence-corrected chi connectivity index (χ3v) is 4.01. The average Bonchev–Trinajstić information content (AvgIpc) is 2.98. The van der Waals surface area contributed by atoms with Gasteiger partial charge < -0.3 is 9.84 Å². The molecule has 1 aliphatic rings. The minimum atomic E-state index is 0.264. The first-order valence-electron chi connectivity index (χ1n) is 5.95. The molecule has 4 nitrogen and oxygen atoms in total. The zero-order chi connectivity index (χ0) is 11.7. The maximum Gasteiger partial charge on any atom is 0.259 e. The molecule has 0 aliphatic carbocycles. The van der Waals surface area contributed by atoms with E-state index in [2.05, 4.69) is 33.1 Å². The molecule has 3 rings (SSSR count). The molecule has 0 amide bonds. The Morgan fingerprint density at radius 2 is 2.35 bits per heavy atom. The Bertz CT molecular complexity index is 499. The molecule has 0 aromatic carbocycles. The van der Waals surface area contributed by atoms with Crippen LogP contribution < -0.4 is 5.32 Å². The van der Waals surface area contributed by atoms with Crippen LogP contribution in [0.5, 0.6) is 0 Å². The maximum absolute atomic E-state index is 5.35. The quantitative estimate of drug-likeness (QED) is 0.889. The highest BCUT2D eigenvalue weighted by Crippen LogP contribution is 2.27. The molecular formula is C12H15N3OS. The number of thiophene rings is 1. The second-order valence-electron chi connectivity index (χ2n) is 4.43. The van der Waals surface area contributed by atoms with Gasteiger partial charge in [0.15, 0.2) is 5.82 Å². The van der Waals surface area contributed by atoms with Gasteiger partial charge in [-0.05, 0) is 37.3 Å². The first kappa shape index (κ1) is 10.9. The van der Waals surface area contributed by atoms with E-state index >= 15 is 0 Å². The van der Waals surface area contributed by atoms with Gasteiger partial charge in [-0.3, -0.25) is 0 Å². The number of nitrogens with one attached hydrogen (secondary N) is 1. The van der Waals surface area contributed by atoms with E-state index in [1.165, 1.54) is 18.4 Å². The van der Waals surface area contributed by atoms with Gasteiger partial charge in [-0.1, -0.05) is 11.6 Å². The lowest BCUT2D eigenvalue weighted by molar-refractivity contribution is 0.367. The van der Waals surface area contributed by atoms with Gasteiger partial charge in [0.2, 0.25) is 0 Å². The predicted octanol–water partition coefficient (Wildman–Crippen LogP) is 2.92. The van der Waals surface area contributed by atoms with Crippen LogP contribution in [0, 0.1) is 6.92 Å². The third-order valence-electron chi connectivity index (χ3n) is 3.15. The fraction of sp³-hybridized carbons (Fsp3) is 0.500. The topological polar surface area (TPSA) is 51.0 Å². The van der Waals surface area contributed by atoms with E-state index in [1.54, 1.807) is 11.3 Å². The molecule has 90 valence electrons. The minimum Gasteiger partial charge on any atom is -0.334 e. The van der Waals surface area contributed by atoms with Crippen molar-refractivity contribution < 1.29 is 4.52 Å². The van der Waals surface area contributed by atoms with Gasteiger partial charge in [-0.25, -0.2) is 0 Å². The van der Waals surface area contributed by atoms with E-state index in [-0.39, 0.29) is 6.04 Å². The van der Waals surface area contributed by atoms with E-state index in [9.17, 15) is 0 Å². The van der Waals surface area contributed by atoms with Crippen molar-refractivity contribution in [2.24, 2.45) is 0 Å². The summed E-state index contributed by atoms with van der Waals surface area (Å²) in [5.41, 5.74) is 2.26. The van der Waals surface area contributed by atoms with Gasteiger partial charge in [-0.15, -0.1) is 0 Å². The Hall–Kier alpha value is -1.20. The van der Waals surface area contributed by atoms with Crippen molar-refractivity contribution in [2.75, 3.05) is 6.54 Å². The summed E-state index contributed by atoms with van der Waals surface area (Å²) in [6.45, 7) is 3.11. The highest BCUT2D eigenvalue weighted by Gasteiger charge is 2.21. The van der Waals surface area contributed by atoms with Crippen molar-refractivity contribution in [1.29, 1.82) is 0 Å². The fourth-order valence-electron chi connectivity index (χ4n) is 2.14. The van der Waals surface area contributed by atoms with Crippen LogP contribution in [-0.2, 0) is 0 Å². The van der Waals surface area contributed by atoms with Crippen LogP contribution in [0.2, 0.25) is 0 Å². The van der Waals surface area contributed by atoms with Gasteiger partial charge in [0.05, 0.1) is 11.6 Å². The normalized spacial score (nSPS) is 20.6. The van der Waals surface area contributed by atoms with Crippen LogP contribution in [0.15, 0.2) is 15.3 Å². The maximum atomic E-state index is 5.35. The van der Waals surface area contributed by atoms with E-state index in [0.29, 0.717) is 5.89 Å². The van der Waals surface area contributed by atoms with Crippen LogP contribution in [-0.4, -0.2) is 16.7 Å². The molecule has 1 saturated heterocycles. The number of aryl methyl sites for hydroxylation is 1. The molecule has 0 spiro atoms. The number of piperidine rings is 1. The van der Waals surface area contributed by atoms with Crippen molar-refractivity contribution in [3.05, 3.63) is 22.1 Å². The zero-order valence-corrected chi connectivity index (χ0v) is 10.6. The Morgan fingerprint density at radius 3 is 3.06 bits per heavy atom. The molecule has 0 radical (unpaired) electrons. The molecule has 2 aromatic rings. The first-order chi connectivity index (χ1) is 8.34. The van der Waals surface area contributed by atoms with E-state index in [1.807, 2.05) is 0 Å². The molecular weight excluding hydrogens is 234 g/mol. The van der Waals surface area contributed by atoms with Crippen LogP contribution >= 0.6 is 11.3 Å². The fourth-order valence-corrected chi connectivity index (χ4v) is 2.96. The van der Waals surface area contributed by atoms with Crippen molar-refractivity contribution in [1.82, 2.24) is 15.5 Å². The molecule has 1 N–H and O–H groups in total. The van der Waals surface area contributed by atoms with Crippen molar-refractivity contribution >= 4 is 11.3 Å². The van der Waals surface area contributed by atoms with Crippen LogP contribution in [0.4, 0.5) is 0 Å². The predicted molar refractivity (Wildman–Crippen MR) is 66.9 cm³/mol. The van der Waals surface area contributed by atoms with Crippen molar-refractivity contribution in [3.63, 3.8) is 0 Å². The van der Waals surface area contributed by atoms with Gasteiger partial charge in [0.25, 0.3) is 5.89 Å². The number of hydrogen-bond acceptors (Lipinski definition) is 5. The van der Waals surface area contributed by atoms with E-state index in [4.69, 9.17) is 4.52 Å². The summed E-state index contributed by atoms with van der Waals surface area (Å²) >= 11 is 1.66. The second-order valence-corrected chi connectivity index (χ2v) is 5.17. The van der Waals surface area contributed by atoms with E-state index < -0.39 is 0 Å².